The minimum absolute atomic E-state index is 0.0531. The van der Waals surface area contributed by atoms with Crippen molar-refractivity contribution in [3.8, 4) is 10.4 Å². The number of ether oxygens (including phenoxy) is 1. The first-order valence-electron chi connectivity index (χ1n) is 9.17. The van der Waals surface area contributed by atoms with Crippen molar-refractivity contribution in [3.63, 3.8) is 0 Å². The molecular formula is C22H17ClF3N3O2S. The lowest BCUT2D eigenvalue weighted by Crippen LogP contribution is -2.20. The highest BCUT2D eigenvalue weighted by Gasteiger charge is 2.33. The van der Waals surface area contributed by atoms with Gasteiger partial charge >= 0.3 is 12.1 Å². The minimum atomic E-state index is -4.79. The Morgan fingerprint density at radius 3 is 2.69 bits per heavy atom. The van der Waals surface area contributed by atoms with Crippen LogP contribution in [0.5, 0.6) is 0 Å². The van der Waals surface area contributed by atoms with Gasteiger partial charge in [-0.05, 0) is 42.0 Å². The van der Waals surface area contributed by atoms with Crippen LogP contribution < -0.4 is 5.32 Å². The molecule has 0 aliphatic carbocycles. The number of methoxy groups -OCH3 is 1. The normalized spacial score (nSPS) is 11.8. The number of hydrogen-bond acceptors (Lipinski definition) is 6. The number of pyridine rings is 1. The average molecular weight is 480 g/mol. The summed E-state index contributed by atoms with van der Waals surface area (Å²) in [6.45, 7) is 0. The van der Waals surface area contributed by atoms with E-state index in [0.29, 0.717) is 26.7 Å². The van der Waals surface area contributed by atoms with E-state index >= 15 is 0 Å². The van der Waals surface area contributed by atoms with Gasteiger partial charge in [-0.1, -0.05) is 23.7 Å². The van der Waals surface area contributed by atoms with Crippen molar-refractivity contribution in [3.05, 3.63) is 76.4 Å². The quantitative estimate of drug-likeness (QED) is 0.312. The van der Waals surface area contributed by atoms with E-state index in [2.05, 4.69) is 15.0 Å². The molecule has 10 heteroatoms. The molecular weight excluding hydrogens is 463 g/mol. The maximum Gasteiger partial charge on any atom is 0.432 e. The van der Waals surface area contributed by atoms with Crippen molar-refractivity contribution in [2.45, 2.75) is 12.6 Å². The molecule has 0 saturated heterocycles. The zero-order valence-electron chi connectivity index (χ0n) is 16.7. The number of anilines is 1. The summed E-state index contributed by atoms with van der Waals surface area (Å²) in [4.78, 5) is 16.8. The summed E-state index contributed by atoms with van der Waals surface area (Å²) in [6.07, 6.45) is -0.870. The molecule has 32 heavy (non-hydrogen) atoms. The molecule has 0 spiro atoms. The van der Waals surface area contributed by atoms with Gasteiger partial charge in [0.05, 0.1) is 34.8 Å². The van der Waals surface area contributed by atoms with E-state index in [9.17, 15) is 18.0 Å². The molecule has 0 aliphatic heterocycles. The Bertz CT molecular complexity index is 1170. The predicted octanol–water partition coefficient (Wildman–Crippen LogP) is 6.21. The average Bonchev–Trinajstić information content (AvgIpc) is 3.24. The molecule has 166 valence electrons. The lowest BCUT2D eigenvalue weighted by Gasteiger charge is -2.13. The number of aromatic nitrogens is 1. The van der Waals surface area contributed by atoms with Gasteiger partial charge in [0.25, 0.3) is 0 Å². The van der Waals surface area contributed by atoms with Crippen LogP contribution in [0.25, 0.3) is 16.1 Å². The number of benzene rings is 1. The molecule has 0 saturated carbocycles. The van der Waals surface area contributed by atoms with Gasteiger partial charge in [0.15, 0.2) is 0 Å². The van der Waals surface area contributed by atoms with Crippen LogP contribution in [0.2, 0.25) is 5.02 Å². The molecule has 2 N–H and O–H groups in total. The molecule has 1 aromatic carbocycles. The van der Waals surface area contributed by atoms with Gasteiger partial charge in [-0.2, -0.15) is 13.2 Å². The van der Waals surface area contributed by atoms with E-state index in [1.54, 1.807) is 54.9 Å². The van der Waals surface area contributed by atoms with Crippen LogP contribution in [0, 0.1) is 5.41 Å². The van der Waals surface area contributed by atoms with Gasteiger partial charge in [0, 0.05) is 22.8 Å². The van der Waals surface area contributed by atoms with Gasteiger partial charge in [0.1, 0.15) is 5.71 Å². The van der Waals surface area contributed by atoms with Crippen molar-refractivity contribution >= 4 is 46.0 Å². The number of nitrogens with one attached hydrogen (secondary N) is 2. The van der Waals surface area contributed by atoms with Crippen molar-refractivity contribution < 1.29 is 22.7 Å². The molecule has 3 rings (SSSR count). The number of allylic oxidation sites excluding steroid dienone is 1. The zero-order valence-corrected chi connectivity index (χ0v) is 18.2. The van der Waals surface area contributed by atoms with E-state index in [-0.39, 0.29) is 12.1 Å². The molecule has 2 heterocycles. The number of para-hydroxylation sites is 1. The van der Waals surface area contributed by atoms with Crippen LogP contribution in [0.4, 0.5) is 18.9 Å². The Morgan fingerprint density at radius 2 is 2.00 bits per heavy atom. The maximum atomic E-state index is 13.0. The third-order valence-corrected chi connectivity index (χ3v) is 5.76. The van der Waals surface area contributed by atoms with Gasteiger partial charge in [-0.25, -0.2) is 0 Å². The highest BCUT2D eigenvalue weighted by molar-refractivity contribution is 7.16. The highest BCUT2D eigenvalue weighted by Crippen LogP contribution is 2.34. The molecule has 3 aromatic rings. The van der Waals surface area contributed by atoms with E-state index < -0.39 is 17.9 Å². The zero-order chi connectivity index (χ0) is 23.3. The van der Waals surface area contributed by atoms with E-state index in [1.165, 1.54) is 18.4 Å². The van der Waals surface area contributed by atoms with E-state index in [0.717, 1.165) is 11.0 Å². The number of rotatable bonds is 7. The lowest BCUT2D eigenvalue weighted by atomic mass is 10.1. The second kappa shape index (κ2) is 9.97. The summed E-state index contributed by atoms with van der Waals surface area (Å²) in [5, 5.41) is 10.6. The predicted molar refractivity (Wildman–Crippen MR) is 120 cm³/mol. The molecule has 0 bridgehead atoms. The number of thiophene rings is 1. The number of carbonyl (C=O) groups is 1. The highest BCUT2D eigenvalue weighted by atomic mass is 35.5. The molecule has 0 unspecified atom stereocenters. The van der Waals surface area contributed by atoms with Crippen molar-refractivity contribution in [2.24, 2.45) is 0 Å². The van der Waals surface area contributed by atoms with Crippen molar-refractivity contribution in [2.75, 3.05) is 12.4 Å². The van der Waals surface area contributed by atoms with Gasteiger partial charge in [0.2, 0.25) is 0 Å². The third-order valence-electron chi connectivity index (χ3n) is 4.26. The fourth-order valence-electron chi connectivity index (χ4n) is 2.70. The maximum absolute atomic E-state index is 13.0. The monoisotopic (exact) mass is 479 g/mol. The molecule has 0 amide bonds. The van der Waals surface area contributed by atoms with Gasteiger partial charge < -0.3 is 10.1 Å². The number of carbonyl (C=O) groups excluding carboxylic acids is 1. The Morgan fingerprint density at radius 1 is 1.25 bits per heavy atom. The molecule has 2 aromatic heterocycles. The first-order chi connectivity index (χ1) is 15.2. The van der Waals surface area contributed by atoms with E-state index in [1.807, 2.05) is 0 Å². The summed E-state index contributed by atoms with van der Waals surface area (Å²) in [5.41, 5.74) is 0.338. The number of halogens is 4. The van der Waals surface area contributed by atoms with Crippen LogP contribution in [-0.4, -0.2) is 30.0 Å². The number of alkyl halides is 3. The number of esters is 1. The Kier molecular flexibility index (Phi) is 7.32. The molecule has 0 fully saturated rings. The summed E-state index contributed by atoms with van der Waals surface area (Å²) >= 11 is 7.36. The standard InChI is InChI=1S/C22H17ClF3N3O2S/c1-31-21(30)9-13-8-14(12-28-11-13)18-6-7-19(32-18)17(10-20(27)22(24,25)26)29-16-5-3-2-4-15(16)23/h2-8,10-12,27,29H,9H2,1H3/b17-10-,27-20?. The fourth-order valence-corrected chi connectivity index (χ4v) is 3.84. The lowest BCUT2D eigenvalue weighted by molar-refractivity contribution is -0.139. The second-order valence-electron chi connectivity index (χ2n) is 6.57. The summed E-state index contributed by atoms with van der Waals surface area (Å²) in [5.74, 6) is -0.407. The largest absolute Gasteiger partial charge is 0.469 e. The number of hydrogen-bond donors (Lipinski definition) is 2. The van der Waals surface area contributed by atoms with Crippen LogP contribution >= 0.6 is 22.9 Å². The number of nitrogens with zero attached hydrogens (tertiary/aromatic N) is 1. The molecule has 0 atom stereocenters. The molecule has 5 nitrogen and oxygen atoms in total. The van der Waals surface area contributed by atoms with Crippen LogP contribution in [0.3, 0.4) is 0 Å². The third kappa shape index (κ3) is 5.95. The summed E-state index contributed by atoms with van der Waals surface area (Å²) in [7, 11) is 1.30. The second-order valence-corrected chi connectivity index (χ2v) is 8.06. The summed E-state index contributed by atoms with van der Waals surface area (Å²) < 4.78 is 43.7. The van der Waals surface area contributed by atoms with Crippen LogP contribution in [0.15, 0.2) is 60.9 Å². The molecule has 0 radical (unpaired) electrons. The topological polar surface area (TPSA) is 75.1 Å². The van der Waals surface area contributed by atoms with E-state index in [4.69, 9.17) is 17.0 Å². The fraction of sp³-hybridized carbons (Fsp3) is 0.136. The molecule has 0 aliphatic rings. The summed E-state index contributed by atoms with van der Waals surface area (Å²) in [6, 6.07) is 11.8. The van der Waals surface area contributed by atoms with Gasteiger partial charge in [-0.3, -0.25) is 15.2 Å². The first kappa shape index (κ1) is 23.5. The Balaban J connectivity index is 1.96. The van der Waals surface area contributed by atoms with Crippen molar-refractivity contribution in [1.82, 2.24) is 4.98 Å². The first-order valence-corrected chi connectivity index (χ1v) is 10.4. The van der Waals surface area contributed by atoms with Crippen LogP contribution in [0.1, 0.15) is 10.4 Å². The van der Waals surface area contributed by atoms with Crippen LogP contribution in [-0.2, 0) is 16.0 Å². The smallest absolute Gasteiger partial charge is 0.432 e. The van der Waals surface area contributed by atoms with Crippen molar-refractivity contribution in [1.29, 1.82) is 5.41 Å². The Hall–Kier alpha value is -3.17. The Labute approximate surface area is 191 Å². The SMILES string of the molecule is COC(=O)Cc1cncc(-c2ccc(/C(=C/C(=N)C(F)(F)F)Nc3ccccc3Cl)s2)c1. The minimum Gasteiger partial charge on any atom is -0.469 e. The van der Waals surface area contributed by atoms with Gasteiger partial charge in [-0.15, -0.1) is 11.3 Å².